The Morgan fingerprint density at radius 1 is 1.50 bits per heavy atom. The van der Waals surface area contributed by atoms with E-state index in [-0.39, 0.29) is 41.9 Å². The predicted octanol–water partition coefficient (Wildman–Crippen LogP) is 4.19. The average molecular weight is 502 g/mol. The SMILES string of the molecule is C=C(NCc1cccc(F)c1I)/C(C(=O)OCC(C)C)=C(/O)[C@@]1(C)CCCN1. The van der Waals surface area contributed by atoms with E-state index in [1.165, 1.54) is 6.07 Å². The summed E-state index contributed by atoms with van der Waals surface area (Å²) in [5.41, 5.74) is 0.316. The van der Waals surface area contributed by atoms with E-state index in [1.807, 2.05) is 43.4 Å². The largest absolute Gasteiger partial charge is 0.509 e. The molecule has 5 nitrogen and oxygen atoms in total. The summed E-state index contributed by atoms with van der Waals surface area (Å²) in [6, 6.07) is 4.82. The molecule has 2 rings (SSSR count). The molecule has 1 heterocycles. The molecule has 1 fully saturated rings. The lowest BCUT2D eigenvalue weighted by molar-refractivity contribution is -0.140. The minimum absolute atomic E-state index is 0.0314. The van der Waals surface area contributed by atoms with E-state index >= 15 is 0 Å². The molecule has 0 radical (unpaired) electrons. The maximum Gasteiger partial charge on any atom is 0.343 e. The van der Waals surface area contributed by atoms with E-state index in [0.717, 1.165) is 18.5 Å². The van der Waals surface area contributed by atoms with Crippen molar-refractivity contribution in [3.8, 4) is 0 Å². The lowest BCUT2D eigenvalue weighted by Crippen LogP contribution is -2.40. The van der Waals surface area contributed by atoms with Crippen molar-refractivity contribution < 1.29 is 19.0 Å². The van der Waals surface area contributed by atoms with Crippen LogP contribution in [0.15, 0.2) is 41.8 Å². The van der Waals surface area contributed by atoms with Crippen molar-refractivity contribution in [1.82, 2.24) is 10.6 Å². The van der Waals surface area contributed by atoms with E-state index < -0.39 is 11.5 Å². The zero-order chi connectivity index (χ0) is 20.9. The number of ether oxygens (including phenoxy) is 1. The third-order valence-electron chi connectivity index (χ3n) is 4.71. The number of carbonyl (C=O) groups excluding carboxylic acids is 1. The number of nitrogens with one attached hydrogen (secondary N) is 2. The van der Waals surface area contributed by atoms with Gasteiger partial charge in [-0.25, -0.2) is 9.18 Å². The Bertz CT molecular complexity index is 771. The highest BCUT2D eigenvalue weighted by atomic mass is 127. The van der Waals surface area contributed by atoms with Gasteiger partial charge in [-0.05, 0) is 66.4 Å². The molecular weight excluding hydrogens is 474 g/mol. The maximum absolute atomic E-state index is 13.8. The van der Waals surface area contributed by atoms with Gasteiger partial charge < -0.3 is 20.5 Å². The number of hydrogen-bond acceptors (Lipinski definition) is 5. The van der Waals surface area contributed by atoms with Crippen LogP contribution in [0.25, 0.3) is 0 Å². The highest BCUT2D eigenvalue weighted by molar-refractivity contribution is 14.1. The molecule has 0 aromatic heterocycles. The Kier molecular flexibility index (Phi) is 7.88. The van der Waals surface area contributed by atoms with Crippen molar-refractivity contribution in [3.05, 3.63) is 56.8 Å². The van der Waals surface area contributed by atoms with Crippen LogP contribution in [0.4, 0.5) is 4.39 Å². The summed E-state index contributed by atoms with van der Waals surface area (Å²) in [5.74, 6) is -0.830. The maximum atomic E-state index is 13.8. The molecule has 1 aliphatic rings. The summed E-state index contributed by atoms with van der Waals surface area (Å²) in [5, 5.41) is 17.2. The minimum atomic E-state index is -0.704. The van der Waals surface area contributed by atoms with Crippen LogP contribution in [0.5, 0.6) is 0 Å². The van der Waals surface area contributed by atoms with Gasteiger partial charge in [0.2, 0.25) is 0 Å². The Morgan fingerprint density at radius 2 is 2.21 bits per heavy atom. The third-order valence-corrected chi connectivity index (χ3v) is 5.91. The first kappa shape index (κ1) is 22.7. The fraction of sp³-hybridized carbons (Fsp3) is 0.476. The van der Waals surface area contributed by atoms with Crippen molar-refractivity contribution in [2.45, 2.75) is 45.7 Å². The van der Waals surface area contributed by atoms with Crippen LogP contribution in [0, 0.1) is 15.3 Å². The van der Waals surface area contributed by atoms with Gasteiger partial charge in [-0.2, -0.15) is 0 Å². The number of halogens is 2. The van der Waals surface area contributed by atoms with Gasteiger partial charge in [0.1, 0.15) is 17.1 Å². The van der Waals surface area contributed by atoms with Gasteiger partial charge >= 0.3 is 5.97 Å². The van der Waals surface area contributed by atoms with Crippen LogP contribution in [-0.2, 0) is 16.1 Å². The number of carbonyl (C=O) groups is 1. The molecule has 154 valence electrons. The van der Waals surface area contributed by atoms with E-state index in [9.17, 15) is 14.3 Å². The van der Waals surface area contributed by atoms with Crippen molar-refractivity contribution in [3.63, 3.8) is 0 Å². The first-order chi connectivity index (χ1) is 13.2. The van der Waals surface area contributed by atoms with Crippen LogP contribution in [0.2, 0.25) is 0 Å². The van der Waals surface area contributed by atoms with Gasteiger partial charge in [0.05, 0.1) is 15.7 Å². The van der Waals surface area contributed by atoms with Gasteiger partial charge in [-0.15, -0.1) is 0 Å². The van der Waals surface area contributed by atoms with Gasteiger partial charge in [-0.1, -0.05) is 32.6 Å². The molecule has 28 heavy (non-hydrogen) atoms. The second kappa shape index (κ2) is 9.73. The van der Waals surface area contributed by atoms with Crippen LogP contribution in [0.3, 0.4) is 0 Å². The highest BCUT2D eigenvalue weighted by Gasteiger charge is 2.37. The monoisotopic (exact) mass is 502 g/mol. The standard InChI is InChI=1S/C21H28FIN2O3/c1-13(2)12-28-20(27)17(19(26)21(4)9-6-10-25-21)14(3)24-11-15-7-5-8-16(22)18(15)23/h5,7-8,13,24-26H,3,6,9-12H2,1-2,4H3/b19-17-/t21-/m1/s1. The number of benzene rings is 1. The lowest BCUT2D eigenvalue weighted by atomic mass is 9.93. The van der Waals surface area contributed by atoms with Crippen molar-refractivity contribution in [2.24, 2.45) is 5.92 Å². The Balaban J connectivity index is 2.26. The Hall–Kier alpha value is -1.61. The topological polar surface area (TPSA) is 70.6 Å². The summed E-state index contributed by atoms with van der Waals surface area (Å²) >= 11 is 1.94. The molecule has 1 aromatic rings. The van der Waals surface area contributed by atoms with E-state index in [2.05, 4.69) is 17.2 Å². The number of aliphatic hydroxyl groups is 1. The fourth-order valence-electron chi connectivity index (χ4n) is 3.03. The predicted molar refractivity (Wildman–Crippen MR) is 116 cm³/mol. The molecule has 1 aromatic carbocycles. The van der Waals surface area contributed by atoms with Crippen LogP contribution >= 0.6 is 22.6 Å². The molecule has 7 heteroatoms. The van der Waals surface area contributed by atoms with Gasteiger partial charge in [0.25, 0.3) is 0 Å². The fourth-order valence-corrected chi connectivity index (χ4v) is 3.58. The molecule has 1 aliphatic heterocycles. The summed E-state index contributed by atoms with van der Waals surface area (Å²) in [7, 11) is 0. The summed E-state index contributed by atoms with van der Waals surface area (Å²) in [6.45, 7) is 11.0. The first-order valence-corrected chi connectivity index (χ1v) is 10.5. The summed E-state index contributed by atoms with van der Waals surface area (Å²) < 4.78 is 19.6. The van der Waals surface area contributed by atoms with Crippen LogP contribution in [-0.4, -0.2) is 29.8 Å². The highest BCUT2D eigenvalue weighted by Crippen LogP contribution is 2.30. The molecule has 0 saturated carbocycles. The normalized spacial score (nSPS) is 20.1. The van der Waals surface area contributed by atoms with Crippen molar-refractivity contribution >= 4 is 28.6 Å². The average Bonchev–Trinajstić information content (AvgIpc) is 3.09. The van der Waals surface area contributed by atoms with Gasteiger partial charge in [0, 0.05) is 12.2 Å². The second-order valence-electron chi connectivity index (χ2n) is 7.62. The van der Waals surface area contributed by atoms with Gasteiger partial charge in [0.15, 0.2) is 0 Å². The van der Waals surface area contributed by atoms with Crippen LogP contribution in [0.1, 0.15) is 39.2 Å². The second-order valence-corrected chi connectivity index (χ2v) is 8.70. The number of esters is 1. The molecule has 3 N–H and O–H groups in total. The Labute approximate surface area is 179 Å². The molecule has 1 atom stereocenters. The minimum Gasteiger partial charge on any atom is -0.509 e. The molecule has 0 spiro atoms. The number of rotatable bonds is 8. The molecule has 0 amide bonds. The molecular formula is C21H28FIN2O3. The molecule has 0 aliphatic carbocycles. The number of hydrogen-bond donors (Lipinski definition) is 3. The lowest BCUT2D eigenvalue weighted by Gasteiger charge is -2.27. The summed E-state index contributed by atoms with van der Waals surface area (Å²) in [6.07, 6.45) is 1.60. The van der Waals surface area contributed by atoms with E-state index in [0.29, 0.717) is 9.99 Å². The smallest absolute Gasteiger partial charge is 0.343 e. The molecule has 0 unspecified atom stereocenters. The molecule has 1 saturated heterocycles. The Morgan fingerprint density at radius 3 is 2.82 bits per heavy atom. The summed E-state index contributed by atoms with van der Waals surface area (Å²) in [4.78, 5) is 12.7. The van der Waals surface area contributed by atoms with Crippen LogP contribution < -0.4 is 10.6 Å². The van der Waals surface area contributed by atoms with Gasteiger partial charge in [-0.3, -0.25) is 0 Å². The van der Waals surface area contributed by atoms with E-state index in [1.54, 1.807) is 12.1 Å². The number of aliphatic hydroxyl groups excluding tert-OH is 1. The third kappa shape index (κ3) is 5.47. The van der Waals surface area contributed by atoms with E-state index in [4.69, 9.17) is 4.74 Å². The quantitative estimate of drug-likeness (QED) is 0.164. The first-order valence-electron chi connectivity index (χ1n) is 9.37. The van der Waals surface area contributed by atoms with Crippen molar-refractivity contribution in [2.75, 3.05) is 13.2 Å². The zero-order valence-electron chi connectivity index (χ0n) is 16.6. The van der Waals surface area contributed by atoms with Crippen molar-refractivity contribution in [1.29, 1.82) is 0 Å². The zero-order valence-corrected chi connectivity index (χ0v) is 18.7. The molecule has 0 bridgehead atoms.